The van der Waals surface area contributed by atoms with Crippen molar-refractivity contribution in [1.82, 2.24) is 14.2 Å². The Balaban J connectivity index is 1.47. The summed E-state index contributed by atoms with van der Waals surface area (Å²) in [7, 11) is -1.90. The number of benzene rings is 2. The molecule has 3 aromatic rings. The Labute approximate surface area is 200 Å². The number of hydrogen-bond acceptors (Lipinski definition) is 5. The minimum Gasteiger partial charge on any atom is -0.493 e. The summed E-state index contributed by atoms with van der Waals surface area (Å²) in [6.45, 7) is 5.76. The molecule has 1 saturated heterocycles. The first-order chi connectivity index (χ1) is 16.3. The van der Waals surface area contributed by atoms with E-state index in [1.54, 1.807) is 25.3 Å². The summed E-state index contributed by atoms with van der Waals surface area (Å²) in [5, 5.41) is 3.76. The number of carbonyl (C=O) groups is 1. The third-order valence-electron chi connectivity index (χ3n) is 6.19. The summed E-state index contributed by atoms with van der Waals surface area (Å²) in [6, 6.07) is 12.1. The van der Waals surface area contributed by atoms with Gasteiger partial charge in [0.25, 0.3) is 0 Å². The van der Waals surface area contributed by atoms with Crippen molar-refractivity contribution in [1.29, 1.82) is 0 Å². The number of aromatic nitrogens is 1. The molecule has 1 amide bonds. The largest absolute Gasteiger partial charge is 0.493 e. The fourth-order valence-electron chi connectivity index (χ4n) is 4.28. The number of carbonyl (C=O) groups excluding carboxylic acids is 1. The van der Waals surface area contributed by atoms with Crippen molar-refractivity contribution in [3.05, 3.63) is 54.2 Å². The van der Waals surface area contributed by atoms with Crippen LogP contribution in [0.2, 0.25) is 0 Å². The van der Waals surface area contributed by atoms with E-state index in [1.807, 2.05) is 48.9 Å². The maximum Gasteiger partial charge on any atom is 0.243 e. The van der Waals surface area contributed by atoms with E-state index >= 15 is 0 Å². The normalized spacial score (nSPS) is 15.4. The molecule has 8 nitrogen and oxygen atoms in total. The van der Waals surface area contributed by atoms with Crippen LogP contribution < -0.4 is 14.8 Å². The highest BCUT2D eigenvalue weighted by atomic mass is 32.2. The number of fused-ring (bicyclic) bond motifs is 1. The minimum atomic E-state index is -3.48. The number of nitrogens with one attached hydrogen (secondary N) is 1. The Morgan fingerprint density at radius 3 is 2.56 bits per heavy atom. The molecule has 1 aliphatic heterocycles. The Hall–Kier alpha value is -3.04. The van der Waals surface area contributed by atoms with E-state index < -0.39 is 16.1 Å². The van der Waals surface area contributed by atoms with E-state index in [0.29, 0.717) is 42.6 Å². The second-order valence-corrected chi connectivity index (χ2v) is 10.3. The van der Waals surface area contributed by atoms with Gasteiger partial charge in [-0.3, -0.25) is 4.79 Å². The molecule has 1 aromatic heterocycles. The molecule has 1 atom stereocenters. The van der Waals surface area contributed by atoms with E-state index in [2.05, 4.69) is 5.32 Å². The molecule has 2 aromatic carbocycles. The van der Waals surface area contributed by atoms with E-state index in [9.17, 15) is 13.2 Å². The number of methoxy groups -OCH3 is 1. The molecule has 1 fully saturated rings. The van der Waals surface area contributed by atoms with E-state index in [0.717, 1.165) is 29.3 Å². The van der Waals surface area contributed by atoms with Gasteiger partial charge in [-0.05, 0) is 68.7 Å². The molecule has 34 heavy (non-hydrogen) atoms. The Morgan fingerprint density at radius 1 is 1.09 bits per heavy atom. The average Bonchev–Trinajstić information content (AvgIpc) is 3.53. The lowest BCUT2D eigenvalue weighted by Gasteiger charge is -2.17. The van der Waals surface area contributed by atoms with E-state index in [-0.39, 0.29) is 5.91 Å². The first kappa shape index (κ1) is 24.1. The topological polar surface area (TPSA) is 89.9 Å². The monoisotopic (exact) mass is 485 g/mol. The third-order valence-corrected chi connectivity index (χ3v) is 8.08. The van der Waals surface area contributed by atoms with Crippen LogP contribution in [0.3, 0.4) is 0 Å². The van der Waals surface area contributed by atoms with Gasteiger partial charge in [0, 0.05) is 36.7 Å². The molecular weight excluding hydrogens is 454 g/mol. The van der Waals surface area contributed by atoms with Crippen LogP contribution in [0.1, 0.15) is 38.3 Å². The van der Waals surface area contributed by atoms with Gasteiger partial charge in [0.05, 0.1) is 18.6 Å². The maximum atomic E-state index is 12.9. The van der Waals surface area contributed by atoms with E-state index in [4.69, 9.17) is 9.47 Å². The van der Waals surface area contributed by atoms with Gasteiger partial charge >= 0.3 is 0 Å². The van der Waals surface area contributed by atoms with Crippen molar-refractivity contribution in [2.24, 2.45) is 0 Å². The van der Waals surface area contributed by atoms with Crippen molar-refractivity contribution in [2.45, 2.75) is 44.2 Å². The van der Waals surface area contributed by atoms with Crippen LogP contribution in [-0.4, -0.2) is 50.0 Å². The highest BCUT2D eigenvalue weighted by Crippen LogP contribution is 2.29. The molecule has 0 saturated carbocycles. The molecule has 0 bridgehead atoms. The second kappa shape index (κ2) is 10.1. The van der Waals surface area contributed by atoms with Gasteiger partial charge < -0.3 is 19.4 Å². The molecule has 0 unspecified atom stereocenters. The lowest BCUT2D eigenvalue weighted by atomic mass is 10.2. The zero-order valence-electron chi connectivity index (χ0n) is 19.8. The molecule has 1 N–H and O–H groups in total. The number of sulfonamides is 1. The molecule has 182 valence electrons. The van der Waals surface area contributed by atoms with Gasteiger partial charge in [0.15, 0.2) is 11.5 Å². The zero-order chi connectivity index (χ0) is 24.3. The summed E-state index contributed by atoms with van der Waals surface area (Å²) in [5.41, 5.74) is 1.71. The Kier molecular flexibility index (Phi) is 7.13. The van der Waals surface area contributed by atoms with Crippen LogP contribution >= 0.6 is 0 Å². The number of amides is 1. The lowest BCUT2D eigenvalue weighted by Crippen LogP contribution is -2.30. The number of ether oxygens (including phenoxy) is 2. The lowest BCUT2D eigenvalue weighted by molar-refractivity contribution is -0.123. The van der Waals surface area contributed by atoms with Crippen LogP contribution in [0.25, 0.3) is 10.9 Å². The fraction of sp³-hybridized carbons (Fsp3) is 0.400. The molecule has 0 spiro atoms. The summed E-state index contributed by atoms with van der Waals surface area (Å²) >= 11 is 0. The van der Waals surface area contributed by atoms with Crippen molar-refractivity contribution >= 4 is 26.8 Å². The van der Waals surface area contributed by atoms with E-state index in [1.165, 1.54) is 4.31 Å². The van der Waals surface area contributed by atoms with Gasteiger partial charge in [-0.15, -0.1) is 0 Å². The van der Waals surface area contributed by atoms with Crippen molar-refractivity contribution < 1.29 is 22.7 Å². The molecule has 1 aliphatic rings. The van der Waals surface area contributed by atoms with Crippen LogP contribution in [0.5, 0.6) is 11.5 Å². The van der Waals surface area contributed by atoms with Crippen LogP contribution in [0.15, 0.2) is 53.6 Å². The van der Waals surface area contributed by atoms with Gasteiger partial charge in [-0.25, -0.2) is 8.42 Å². The number of rotatable bonds is 9. The minimum absolute atomic E-state index is 0.140. The van der Waals surface area contributed by atoms with Gasteiger partial charge in [-0.1, -0.05) is 6.07 Å². The van der Waals surface area contributed by atoms with Crippen LogP contribution in [0, 0.1) is 0 Å². The summed E-state index contributed by atoms with van der Waals surface area (Å²) in [4.78, 5) is 13.2. The quantitative estimate of drug-likeness (QED) is 0.499. The second-order valence-electron chi connectivity index (χ2n) is 8.37. The first-order valence-corrected chi connectivity index (χ1v) is 13.0. The summed E-state index contributed by atoms with van der Waals surface area (Å²) in [6.07, 6.45) is 3.61. The Morgan fingerprint density at radius 2 is 1.85 bits per heavy atom. The average molecular weight is 486 g/mol. The molecule has 2 heterocycles. The van der Waals surface area contributed by atoms with Crippen LogP contribution in [-0.2, 0) is 21.4 Å². The standard InChI is InChI=1S/C25H31N3O5S/c1-4-33-23-10-7-19(15-24(23)32-3)17-26-25(29)18(2)28-14-11-20-16-21(8-9-22(20)28)34(30,31)27-12-5-6-13-27/h7-11,14-16,18H,4-6,12-13,17H2,1-3H3,(H,26,29)/t18-/m1/s1. The van der Waals surface area contributed by atoms with Crippen molar-refractivity contribution in [2.75, 3.05) is 26.8 Å². The first-order valence-electron chi connectivity index (χ1n) is 11.5. The molecular formula is C25H31N3O5S. The predicted octanol–water partition coefficient (Wildman–Crippen LogP) is 3.71. The highest BCUT2D eigenvalue weighted by Gasteiger charge is 2.27. The van der Waals surface area contributed by atoms with Crippen molar-refractivity contribution in [3.8, 4) is 11.5 Å². The Bertz CT molecular complexity index is 1280. The summed E-state index contributed by atoms with van der Waals surface area (Å²) < 4.78 is 40.1. The SMILES string of the molecule is CCOc1ccc(CNC(=O)[C@@H](C)n2ccc3cc(S(=O)(=O)N4CCCC4)ccc32)cc1OC. The number of nitrogens with zero attached hydrogens (tertiary/aromatic N) is 2. The fourth-order valence-corrected chi connectivity index (χ4v) is 5.83. The molecule has 4 rings (SSSR count). The third kappa shape index (κ3) is 4.76. The zero-order valence-corrected chi connectivity index (χ0v) is 20.6. The highest BCUT2D eigenvalue weighted by molar-refractivity contribution is 7.89. The smallest absolute Gasteiger partial charge is 0.243 e. The predicted molar refractivity (Wildman–Crippen MR) is 131 cm³/mol. The molecule has 0 radical (unpaired) electrons. The summed E-state index contributed by atoms with van der Waals surface area (Å²) in [5.74, 6) is 1.15. The van der Waals surface area contributed by atoms with Crippen molar-refractivity contribution in [3.63, 3.8) is 0 Å². The maximum absolute atomic E-state index is 12.9. The van der Waals surface area contributed by atoms with Gasteiger partial charge in [0.2, 0.25) is 15.9 Å². The number of hydrogen-bond donors (Lipinski definition) is 1. The van der Waals surface area contributed by atoms with Crippen LogP contribution in [0.4, 0.5) is 0 Å². The molecule has 0 aliphatic carbocycles. The van der Waals surface area contributed by atoms with Gasteiger partial charge in [0.1, 0.15) is 6.04 Å². The molecule has 9 heteroatoms. The van der Waals surface area contributed by atoms with Gasteiger partial charge in [-0.2, -0.15) is 4.31 Å².